The number of aromatic nitrogens is 1. The molecule has 3 rings (SSSR count). The average molecular weight is 308 g/mol. The van der Waals surface area contributed by atoms with Gasteiger partial charge in [0.1, 0.15) is 0 Å². The second-order valence-corrected chi connectivity index (χ2v) is 5.66. The van der Waals surface area contributed by atoms with Crippen molar-refractivity contribution in [3.63, 3.8) is 0 Å². The average Bonchev–Trinajstić information content (AvgIpc) is 2.59. The second kappa shape index (κ2) is 6.77. The monoisotopic (exact) mass is 308 g/mol. The molecule has 0 aliphatic rings. The van der Waals surface area contributed by atoms with E-state index in [9.17, 15) is 5.11 Å². The predicted octanol–water partition coefficient (Wildman–Crippen LogP) is 2.98. The van der Waals surface area contributed by atoms with Gasteiger partial charge in [-0.2, -0.15) is 0 Å². The van der Waals surface area contributed by atoms with Crippen LogP contribution in [0.25, 0.3) is 22.2 Å². The molecule has 0 fully saturated rings. The van der Waals surface area contributed by atoms with Crippen LogP contribution in [0.2, 0.25) is 0 Å². The highest BCUT2D eigenvalue weighted by atomic mass is 16.3. The van der Waals surface area contributed by atoms with Crippen LogP contribution < -0.4 is 5.32 Å². The number of aliphatic hydroxyl groups is 2. The van der Waals surface area contributed by atoms with Gasteiger partial charge in [-0.15, -0.1) is 0 Å². The fourth-order valence-corrected chi connectivity index (χ4v) is 2.57. The number of nitrogens with zero attached hydrogens (tertiary/aromatic N) is 1. The van der Waals surface area contributed by atoms with Crippen LogP contribution in [-0.4, -0.2) is 34.5 Å². The van der Waals surface area contributed by atoms with Gasteiger partial charge in [-0.25, -0.2) is 4.98 Å². The molecule has 118 valence electrons. The fraction of sp³-hybridized carbons (Fsp3) is 0.211. The molecule has 0 spiro atoms. The number of anilines is 1. The number of para-hydroxylation sites is 1. The van der Waals surface area contributed by atoms with Crippen molar-refractivity contribution in [3.05, 3.63) is 60.2 Å². The van der Waals surface area contributed by atoms with Crippen LogP contribution in [0.15, 0.2) is 54.6 Å². The van der Waals surface area contributed by atoms with Crippen LogP contribution in [0.3, 0.4) is 0 Å². The molecule has 3 aromatic rings. The smallest absolute Gasteiger partial charge is 0.0942 e. The molecule has 0 amide bonds. The molecule has 1 atom stereocenters. The molecule has 0 unspecified atom stereocenters. The number of hydrogen-bond acceptors (Lipinski definition) is 4. The lowest BCUT2D eigenvalue weighted by molar-refractivity contribution is 0.105. The van der Waals surface area contributed by atoms with Crippen LogP contribution in [-0.2, 0) is 0 Å². The molecule has 2 aromatic carbocycles. The lowest BCUT2D eigenvalue weighted by Gasteiger charge is -2.14. The Labute approximate surface area is 135 Å². The van der Waals surface area contributed by atoms with Gasteiger partial charge in [0.25, 0.3) is 0 Å². The van der Waals surface area contributed by atoms with Gasteiger partial charge in [-0.1, -0.05) is 42.0 Å². The van der Waals surface area contributed by atoms with E-state index in [0.29, 0.717) is 0 Å². The number of pyridine rings is 1. The van der Waals surface area contributed by atoms with E-state index in [0.717, 1.165) is 27.8 Å². The van der Waals surface area contributed by atoms with E-state index in [4.69, 9.17) is 10.1 Å². The summed E-state index contributed by atoms with van der Waals surface area (Å²) in [4.78, 5) is 4.74. The summed E-state index contributed by atoms with van der Waals surface area (Å²) in [7, 11) is 0. The Morgan fingerprint density at radius 1 is 1.09 bits per heavy atom. The van der Waals surface area contributed by atoms with Crippen molar-refractivity contribution < 1.29 is 10.2 Å². The van der Waals surface area contributed by atoms with E-state index in [1.165, 1.54) is 5.56 Å². The van der Waals surface area contributed by atoms with Gasteiger partial charge in [0.05, 0.1) is 23.9 Å². The SMILES string of the molecule is Cc1cccc(-c2cc(NC[C@H](O)CO)c3ccccc3n2)c1. The van der Waals surface area contributed by atoms with E-state index in [1.54, 1.807) is 0 Å². The summed E-state index contributed by atoms with van der Waals surface area (Å²) in [5, 5.41) is 22.8. The Kier molecular flexibility index (Phi) is 4.55. The van der Waals surface area contributed by atoms with Crippen LogP contribution in [0.4, 0.5) is 5.69 Å². The zero-order valence-electron chi connectivity index (χ0n) is 13.0. The lowest BCUT2D eigenvalue weighted by atomic mass is 10.1. The zero-order valence-corrected chi connectivity index (χ0v) is 13.0. The maximum absolute atomic E-state index is 9.59. The van der Waals surface area contributed by atoms with E-state index in [1.807, 2.05) is 42.5 Å². The van der Waals surface area contributed by atoms with Crippen molar-refractivity contribution in [2.45, 2.75) is 13.0 Å². The van der Waals surface area contributed by atoms with Crippen molar-refractivity contribution in [1.29, 1.82) is 0 Å². The first-order valence-electron chi connectivity index (χ1n) is 7.67. The molecular formula is C19H20N2O2. The minimum absolute atomic E-state index is 0.263. The van der Waals surface area contributed by atoms with Gasteiger partial charge in [-0.05, 0) is 25.1 Å². The van der Waals surface area contributed by atoms with Crippen molar-refractivity contribution >= 4 is 16.6 Å². The van der Waals surface area contributed by atoms with Gasteiger partial charge in [0.15, 0.2) is 0 Å². The number of aliphatic hydroxyl groups excluding tert-OH is 2. The largest absolute Gasteiger partial charge is 0.394 e. The summed E-state index contributed by atoms with van der Waals surface area (Å²) in [6.07, 6.45) is -0.788. The van der Waals surface area contributed by atoms with E-state index < -0.39 is 6.10 Å². The molecule has 0 radical (unpaired) electrons. The van der Waals surface area contributed by atoms with Crippen LogP contribution >= 0.6 is 0 Å². The fourth-order valence-electron chi connectivity index (χ4n) is 2.57. The molecule has 0 saturated heterocycles. The number of hydrogen-bond donors (Lipinski definition) is 3. The van der Waals surface area contributed by atoms with Gasteiger partial charge < -0.3 is 15.5 Å². The summed E-state index contributed by atoms with van der Waals surface area (Å²) in [6, 6.07) is 18.1. The minimum Gasteiger partial charge on any atom is -0.394 e. The van der Waals surface area contributed by atoms with Gasteiger partial charge in [0, 0.05) is 23.2 Å². The maximum atomic E-state index is 9.59. The van der Waals surface area contributed by atoms with Gasteiger partial charge in [0.2, 0.25) is 0 Å². The summed E-state index contributed by atoms with van der Waals surface area (Å²) < 4.78 is 0. The summed E-state index contributed by atoms with van der Waals surface area (Å²) in [6.45, 7) is 2.08. The Balaban J connectivity index is 2.06. The first-order chi connectivity index (χ1) is 11.2. The normalized spacial score (nSPS) is 12.3. The third-order valence-electron chi connectivity index (χ3n) is 3.77. The molecule has 3 N–H and O–H groups in total. The molecule has 1 aromatic heterocycles. The Hall–Kier alpha value is -2.43. The van der Waals surface area contributed by atoms with Crippen molar-refractivity contribution in [1.82, 2.24) is 4.98 Å². The maximum Gasteiger partial charge on any atom is 0.0942 e. The highest BCUT2D eigenvalue weighted by molar-refractivity contribution is 5.93. The van der Waals surface area contributed by atoms with Crippen molar-refractivity contribution in [2.24, 2.45) is 0 Å². The Morgan fingerprint density at radius 3 is 2.70 bits per heavy atom. The molecule has 4 nitrogen and oxygen atoms in total. The van der Waals surface area contributed by atoms with Crippen LogP contribution in [0.1, 0.15) is 5.56 Å². The topological polar surface area (TPSA) is 65.4 Å². The lowest BCUT2D eigenvalue weighted by Crippen LogP contribution is -2.23. The highest BCUT2D eigenvalue weighted by Crippen LogP contribution is 2.28. The summed E-state index contributed by atoms with van der Waals surface area (Å²) in [5.41, 5.74) is 4.92. The molecular weight excluding hydrogens is 288 g/mol. The molecule has 1 heterocycles. The first kappa shape index (κ1) is 15.5. The number of aryl methyl sites for hydroxylation is 1. The first-order valence-corrected chi connectivity index (χ1v) is 7.67. The molecule has 0 bridgehead atoms. The Morgan fingerprint density at radius 2 is 1.91 bits per heavy atom. The quantitative estimate of drug-likeness (QED) is 0.678. The van der Waals surface area contributed by atoms with Gasteiger partial charge in [-0.3, -0.25) is 0 Å². The number of benzene rings is 2. The highest BCUT2D eigenvalue weighted by Gasteiger charge is 2.09. The van der Waals surface area contributed by atoms with Crippen molar-refractivity contribution in [3.8, 4) is 11.3 Å². The predicted molar refractivity (Wildman–Crippen MR) is 93.5 cm³/mol. The Bertz CT molecular complexity index is 817. The molecule has 4 heteroatoms. The summed E-state index contributed by atoms with van der Waals surface area (Å²) in [5.74, 6) is 0. The molecule has 0 saturated carbocycles. The van der Waals surface area contributed by atoms with E-state index >= 15 is 0 Å². The van der Waals surface area contributed by atoms with Crippen LogP contribution in [0, 0.1) is 6.92 Å². The number of fused-ring (bicyclic) bond motifs is 1. The molecule has 0 aliphatic carbocycles. The third-order valence-corrected chi connectivity index (χ3v) is 3.77. The summed E-state index contributed by atoms with van der Waals surface area (Å²) >= 11 is 0. The van der Waals surface area contributed by atoms with E-state index in [2.05, 4.69) is 24.4 Å². The number of nitrogens with one attached hydrogen (secondary N) is 1. The zero-order chi connectivity index (χ0) is 16.2. The standard InChI is InChI=1S/C19H20N2O2/c1-13-5-4-6-14(9-13)18-10-19(20-11-15(23)12-22)16-7-2-3-8-17(16)21-18/h2-10,15,22-23H,11-12H2,1H3,(H,20,21)/t15-/m0/s1. The third kappa shape index (κ3) is 3.50. The van der Waals surface area contributed by atoms with Crippen molar-refractivity contribution in [2.75, 3.05) is 18.5 Å². The van der Waals surface area contributed by atoms with Crippen LogP contribution in [0.5, 0.6) is 0 Å². The molecule has 23 heavy (non-hydrogen) atoms. The van der Waals surface area contributed by atoms with Gasteiger partial charge >= 0.3 is 0 Å². The minimum atomic E-state index is -0.788. The molecule has 0 aliphatic heterocycles. The second-order valence-electron chi connectivity index (χ2n) is 5.66. The number of rotatable bonds is 5. The van der Waals surface area contributed by atoms with E-state index in [-0.39, 0.29) is 13.2 Å².